The minimum atomic E-state index is -5.40. The molecular formula is C42H14F12N6O2. The number of hydrogen-bond acceptors (Lipinski definition) is 8. The van der Waals surface area contributed by atoms with Gasteiger partial charge >= 0.3 is 24.7 Å². The van der Waals surface area contributed by atoms with Gasteiger partial charge in [0.2, 0.25) is 11.1 Å². The Bertz CT molecular complexity index is 3000. The Labute approximate surface area is 337 Å². The molecule has 0 spiro atoms. The Morgan fingerprint density at radius 2 is 0.742 bits per heavy atom. The highest BCUT2D eigenvalue weighted by atomic mass is 19.4. The smallest absolute Gasteiger partial charge is 0.417 e. The number of oxazole rings is 2. The van der Waals surface area contributed by atoms with Crippen LogP contribution in [0.5, 0.6) is 0 Å². The molecule has 0 aliphatic rings. The lowest BCUT2D eigenvalue weighted by molar-refractivity contribution is -0.144. The summed E-state index contributed by atoms with van der Waals surface area (Å²) >= 11 is 0. The Kier molecular flexibility index (Phi) is 10.1. The molecule has 62 heavy (non-hydrogen) atoms. The summed E-state index contributed by atoms with van der Waals surface area (Å²) in [5, 5.41) is 39.0. The summed E-state index contributed by atoms with van der Waals surface area (Å²) in [4.78, 5) is 8.53. The highest BCUT2D eigenvalue weighted by molar-refractivity contribution is 6.18. The van der Waals surface area contributed by atoms with Crippen LogP contribution in [0.2, 0.25) is 0 Å². The number of hydrogen-bond donors (Lipinski definition) is 0. The molecule has 308 valence electrons. The minimum absolute atomic E-state index is 0.114. The predicted octanol–water partition coefficient (Wildman–Crippen LogP) is 11.1. The van der Waals surface area contributed by atoms with Gasteiger partial charge in [0.15, 0.2) is 22.3 Å². The van der Waals surface area contributed by atoms with Crippen molar-refractivity contribution in [3.63, 3.8) is 0 Å². The molecular weight excluding hydrogens is 848 g/mol. The Hall–Kier alpha value is -8.10. The van der Waals surface area contributed by atoms with Crippen molar-refractivity contribution >= 4 is 33.3 Å². The quantitative estimate of drug-likeness (QED) is 0.159. The predicted molar refractivity (Wildman–Crippen MR) is 192 cm³/mol. The molecule has 5 aromatic carbocycles. The van der Waals surface area contributed by atoms with Crippen LogP contribution in [0, 0.1) is 45.3 Å². The van der Waals surface area contributed by atoms with Crippen LogP contribution in [-0.2, 0) is 24.7 Å². The largest absolute Gasteiger partial charge is 0.434 e. The zero-order valence-electron chi connectivity index (χ0n) is 30.1. The van der Waals surface area contributed by atoms with E-state index in [1.54, 1.807) is 0 Å². The SMILES string of the molecule is N#CC(C#N)=c1nc2c(-c3ccccc3-c3ccc(C(F)(F)F)cc3C(F)(F)F)c3oc(=C(C#N)C#N)nc3c(-c3ccccc3-c3ccc(C(F)(F)F)cc3C(F)(F)F)c2o1. The number of rotatable bonds is 4. The van der Waals surface area contributed by atoms with Crippen LogP contribution in [-0.4, -0.2) is 9.97 Å². The summed E-state index contributed by atoms with van der Waals surface area (Å²) in [6, 6.07) is 17.3. The first kappa shape index (κ1) is 42.0. The van der Waals surface area contributed by atoms with Gasteiger partial charge in [0, 0.05) is 0 Å². The van der Waals surface area contributed by atoms with E-state index in [0.717, 1.165) is 12.1 Å². The molecule has 20 heteroatoms. The second-order valence-corrected chi connectivity index (χ2v) is 12.9. The van der Waals surface area contributed by atoms with E-state index in [1.807, 2.05) is 0 Å². The summed E-state index contributed by atoms with van der Waals surface area (Å²) in [7, 11) is 0. The fourth-order valence-electron chi connectivity index (χ4n) is 6.74. The summed E-state index contributed by atoms with van der Waals surface area (Å²) in [5.74, 6) is 0. The maximum Gasteiger partial charge on any atom is 0.417 e. The minimum Gasteiger partial charge on any atom is -0.434 e. The third-order valence-corrected chi connectivity index (χ3v) is 9.33. The van der Waals surface area contributed by atoms with Gasteiger partial charge in [0.1, 0.15) is 35.3 Å². The highest BCUT2D eigenvalue weighted by Crippen LogP contribution is 2.50. The molecule has 0 bridgehead atoms. The van der Waals surface area contributed by atoms with Gasteiger partial charge in [-0.1, -0.05) is 60.7 Å². The van der Waals surface area contributed by atoms with Gasteiger partial charge in [-0.15, -0.1) is 0 Å². The van der Waals surface area contributed by atoms with E-state index in [0.29, 0.717) is 24.3 Å². The zero-order chi connectivity index (χ0) is 45.1. The molecule has 8 nitrogen and oxygen atoms in total. The van der Waals surface area contributed by atoms with Gasteiger partial charge in [-0.2, -0.15) is 73.7 Å². The average molecular weight is 863 g/mol. The van der Waals surface area contributed by atoms with Crippen molar-refractivity contribution in [2.45, 2.75) is 24.7 Å². The van der Waals surface area contributed by atoms with Crippen LogP contribution >= 0.6 is 0 Å². The van der Waals surface area contributed by atoms with Crippen molar-refractivity contribution in [3.8, 4) is 68.8 Å². The zero-order valence-corrected chi connectivity index (χ0v) is 30.1. The average Bonchev–Trinajstić information content (AvgIpc) is 3.84. The number of alkyl halides is 12. The van der Waals surface area contributed by atoms with Gasteiger partial charge in [0.25, 0.3) is 0 Å². The lowest BCUT2D eigenvalue weighted by Crippen LogP contribution is -2.12. The van der Waals surface area contributed by atoms with Gasteiger partial charge in [-0.3, -0.25) is 0 Å². The van der Waals surface area contributed by atoms with E-state index < -0.39 is 125 Å². The molecule has 0 radical (unpaired) electrons. The van der Waals surface area contributed by atoms with E-state index in [1.165, 1.54) is 60.7 Å². The van der Waals surface area contributed by atoms with Gasteiger partial charge in [-0.05, 0) is 57.6 Å². The normalized spacial score (nSPS) is 12.1. The van der Waals surface area contributed by atoms with Gasteiger partial charge < -0.3 is 8.83 Å². The molecule has 0 aliphatic heterocycles. The molecule has 0 saturated heterocycles. The standard InChI is InChI=1S/C42H14F12N6O2/c43-39(44,45)21-9-11-25(29(13-21)41(49,50)51)23-5-1-3-7-27(23)31-33-36(62-37(59-33)19(15-55)16-56)32(34-35(31)61-38(60-34)20(17-57)18-58)28-8-4-2-6-24(28)26-12-10-22(40(46,47)48)14-30(26)42(52,53)54/h1-14H. The van der Waals surface area contributed by atoms with E-state index in [9.17, 15) is 73.7 Å². The van der Waals surface area contributed by atoms with Crippen LogP contribution in [0.3, 0.4) is 0 Å². The van der Waals surface area contributed by atoms with Crippen LogP contribution in [0.25, 0.3) is 77.9 Å². The summed E-state index contributed by atoms with van der Waals surface area (Å²) < 4.78 is 182. The maximum atomic E-state index is 14.6. The Morgan fingerprint density at radius 1 is 0.419 bits per heavy atom. The molecule has 2 aromatic heterocycles. The molecule has 7 rings (SSSR count). The highest BCUT2D eigenvalue weighted by Gasteiger charge is 2.41. The fraction of sp³-hybridized carbons (Fsp3) is 0.0952. The molecule has 0 N–H and O–H groups in total. The number of fused-ring (bicyclic) bond motifs is 2. The van der Waals surface area contributed by atoms with Gasteiger partial charge in [-0.25, -0.2) is 9.97 Å². The molecule has 0 aliphatic carbocycles. The third-order valence-electron chi connectivity index (χ3n) is 9.33. The number of nitriles is 4. The number of aromatic nitrogens is 2. The summed E-state index contributed by atoms with van der Waals surface area (Å²) in [6.45, 7) is 0. The molecule has 2 heterocycles. The topological polar surface area (TPSA) is 147 Å². The van der Waals surface area contributed by atoms with Crippen LogP contribution in [0.1, 0.15) is 22.3 Å². The first-order valence-corrected chi connectivity index (χ1v) is 17.0. The molecule has 0 unspecified atom stereocenters. The third kappa shape index (κ3) is 7.28. The van der Waals surface area contributed by atoms with E-state index in [4.69, 9.17) is 8.83 Å². The molecule has 0 fully saturated rings. The second kappa shape index (κ2) is 14.9. The first-order valence-electron chi connectivity index (χ1n) is 17.0. The maximum absolute atomic E-state index is 14.6. The second-order valence-electron chi connectivity index (χ2n) is 12.9. The monoisotopic (exact) mass is 862 g/mol. The molecule has 7 aromatic rings. The summed E-state index contributed by atoms with van der Waals surface area (Å²) in [5.41, 5.74) is -16.0. The van der Waals surface area contributed by atoms with Crippen molar-refractivity contribution in [1.29, 1.82) is 21.0 Å². The van der Waals surface area contributed by atoms with Crippen molar-refractivity contribution in [3.05, 3.63) is 118 Å². The van der Waals surface area contributed by atoms with E-state index in [-0.39, 0.29) is 23.3 Å². The van der Waals surface area contributed by atoms with Gasteiger partial charge in [0.05, 0.1) is 33.4 Å². The number of halogens is 12. The Balaban J connectivity index is 1.71. The van der Waals surface area contributed by atoms with E-state index in [2.05, 4.69) is 9.97 Å². The first-order chi connectivity index (χ1) is 29.1. The molecule has 0 amide bonds. The fourth-order valence-corrected chi connectivity index (χ4v) is 6.74. The van der Waals surface area contributed by atoms with E-state index >= 15 is 0 Å². The van der Waals surface area contributed by atoms with Crippen LogP contribution in [0.4, 0.5) is 52.7 Å². The van der Waals surface area contributed by atoms with Crippen molar-refractivity contribution in [2.24, 2.45) is 0 Å². The summed E-state index contributed by atoms with van der Waals surface area (Å²) in [6.07, 6.45) is -21.2. The van der Waals surface area contributed by atoms with Crippen LogP contribution < -0.4 is 11.1 Å². The molecule has 0 saturated carbocycles. The number of nitrogens with zero attached hydrogens (tertiary/aromatic N) is 6. The van der Waals surface area contributed by atoms with Crippen molar-refractivity contribution in [2.75, 3.05) is 0 Å². The lowest BCUT2D eigenvalue weighted by atomic mass is 9.86. The van der Waals surface area contributed by atoms with Crippen LogP contribution in [0.15, 0.2) is 93.8 Å². The lowest BCUT2D eigenvalue weighted by Gasteiger charge is -2.19. The van der Waals surface area contributed by atoms with Crippen molar-refractivity contribution in [1.82, 2.24) is 9.97 Å². The van der Waals surface area contributed by atoms with Crippen molar-refractivity contribution < 1.29 is 61.5 Å². The Morgan fingerprint density at radius 3 is 1.03 bits per heavy atom. The molecule has 0 atom stereocenters. The number of benzene rings is 5.